The van der Waals surface area contributed by atoms with Crippen molar-refractivity contribution in [2.24, 2.45) is 7.05 Å². The molecule has 2 rings (SSSR count). The van der Waals surface area contributed by atoms with Gasteiger partial charge in [0.2, 0.25) is 0 Å². The predicted octanol–water partition coefficient (Wildman–Crippen LogP) is 4.08. The Morgan fingerprint density at radius 1 is 1.35 bits per heavy atom. The summed E-state index contributed by atoms with van der Waals surface area (Å²) in [5.74, 6) is 0.279. The van der Waals surface area contributed by atoms with Gasteiger partial charge in [0.1, 0.15) is 12.4 Å². The Kier molecular flexibility index (Phi) is 4.58. The summed E-state index contributed by atoms with van der Waals surface area (Å²) >= 11 is 18.0. The monoisotopic (exact) mass is 332 g/mol. The molecule has 0 saturated carbocycles. The zero-order chi connectivity index (χ0) is 14.9. The van der Waals surface area contributed by atoms with Crippen LogP contribution in [0.2, 0.25) is 15.1 Å². The molecule has 0 bridgehead atoms. The van der Waals surface area contributed by atoms with E-state index in [9.17, 15) is 4.79 Å². The number of aldehydes is 1. The molecule has 0 fully saturated rings. The molecule has 4 nitrogen and oxygen atoms in total. The Morgan fingerprint density at radius 3 is 2.60 bits per heavy atom. The van der Waals surface area contributed by atoms with E-state index in [0.29, 0.717) is 27.7 Å². The lowest BCUT2D eigenvalue weighted by Crippen LogP contribution is -2.05. The average Bonchev–Trinajstić information content (AvgIpc) is 2.62. The van der Waals surface area contributed by atoms with E-state index in [0.717, 1.165) is 0 Å². The number of carbonyl (C=O) groups excluding carboxylic acids is 1. The number of aromatic nitrogens is 2. The van der Waals surface area contributed by atoms with Gasteiger partial charge in [0.05, 0.1) is 27.0 Å². The first-order valence-corrected chi connectivity index (χ1v) is 6.82. The second-order valence-electron chi connectivity index (χ2n) is 4.18. The molecule has 106 valence electrons. The van der Waals surface area contributed by atoms with Gasteiger partial charge in [0.15, 0.2) is 6.29 Å². The minimum atomic E-state index is 0.151. The highest BCUT2D eigenvalue weighted by Crippen LogP contribution is 2.32. The molecule has 0 aliphatic heterocycles. The van der Waals surface area contributed by atoms with Crippen LogP contribution in [0, 0.1) is 6.92 Å². The molecule has 0 atom stereocenters. The van der Waals surface area contributed by atoms with E-state index in [2.05, 4.69) is 5.10 Å². The van der Waals surface area contributed by atoms with E-state index >= 15 is 0 Å². The second kappa shape index (κ2) is 6.04. The van der Waals surface area contributed by atoms with E-state index in [4.69, 9.17) is 39.5 Å². The van der Waals surface area contributed by atoms with Crippen LogP contribution in [-0.2, 0) is 13.7 Å². The molecule has 0 saturated heterocycles. The fourth-order valence-corrected chi connectivity index (χ4v) is 2.58. The summed E-state index contributed by atoms with van der Waals surface area (Å²) in [6.45, 7) is 1.95. The van der Waals surface area contributed by atoms with Gasteiger partial charge in [-0.05, 0) is 19.1 Å². The lowest BCUT2D eigenvalue weighted by atomic mass is 10.2. The van der Waals surface area contributed by atoms with E-state index in [1.807, 2.05) is 0 Å². The summed E-state index contributed by atoms with van der Waals surface area (Å²) in [7, 11) is 1.77. The van der Waals surface area contributed by atoms with Crippen LogP contribution < -0.4 is 4.74 Å². The molecule has 20 heavy (non-hydrogen) atoms. The van der Waals surface area contributed by atoms with E-state index in [-0.39, 0.29) is 22.9 Å². The second-order valence-corrected chi connectivity index (χ2v) is 5.40. The van der Waals surface area contributed by atoms with Crippen LogP contribution in [0.15, 0.2) is 12.1 Å². The summed E-state index contributed by atoms with van der Waals surface area (Å²) in [6, 6.07) is 3.01. The summed E-state index contributed by atoms with van der Waals surface area (Å²) in [4.78, 5) is 11.0. The number of benzene rings is 1. The Morgan fingerprint density at radius 2 is 2.05 bits per heavy atom. The third kappa shape index (κ3) is 2.92. The van der Waals surface area contributed by atoms with Crippen LogP contribution in [0.25, 0.3) is 0 Å². The number of carbonyl (C=O) groups is 1. The van der Waals surface area contributed by atoms with E-state index < -0.39 is 0 Å². The SMILES string of the molecule is Cc1nn(C)c(COc2c(Cl)cc(Cl)cc2C=O)c1Cl. The quantitative estimate of drug-likeness (QED) is 0.792. The van der Waals surface area contributed by atoms with Crippen molar-refractivity contribution in [1.29, 1.82) is 0 Å². The molecular weight excluding hydrogens is 323 g/mol. The molecule has 1 aromatic heterocycles. The molecule has 7 heteroatoms. The van der Waals surface area contributed by atoms with Crippen molar-refractivity contribution in [2.45, 2.75) is 13.5 Å². The van der Waals surface area contributed by atoms with Gasteiger partial charge >= 0.3 is 0 Å². The van der Waals surface area contributed by atoms with Gasteiger partial charge in [0, 0.05) is 12.1 Å². The van der Waals surface area contributed by atoms with Crippen LogP contribution in [0.3, 0.4) is 0 Å². The Bertz CT molecular complexity index is 668. The number of hydrogen-bond acceptors (Lipinski definition) is 3. The number of rotatable bonds is 4. The Labute approximate surface area is 131 Å². The number of ether oxygens (including phenoxy) is 1. The van der Waals surface area contributed by atoms with Crippen molar-refractivity contribution in [3.05, 3.63) is 44.2 Å². The molecule has 0 N–H and O–H groups in total. The van der Waals surface area contributed by atoms with Crippen LogP contribution >= 0.6 is 34.8 Å². The smallest absolute Gasteiger partial charge is 0.153 e. The lowest BCUT2D eigenvalue weighted by Gasteiger charge is -2.11. The van der Waals surface area contributed by atoms with Crippen LogP contribution in [0.5, 0.6) is 5.75 Å². The molecule has 0 aliphatic rings. The van der Waals surface area contributed by atoms with E-state index in [1.165, 1.54) is 12.1 Å². The largest absolute Gasteiger partial charge is 0.485 e. The normalized spacial score (nSPS) is 10.7. The van der Waals surface area contributed by atoms with Crippen molar-refractivity contribution < 1.29 is 9.53 Å². The summed E-state index contributed by atoms with van der Waals surface area (Å²) in [5, 5.41) is 5.36. The van der Waals surface area contributed by atoms with Gasteiger partial charge in [-0.1, -0.05) is 34.8 Å². The van der Waals surface area contributed by atoms with Crippen molar-refractivity contribution >= 4 is 41.1 Å². The third-order valence-electron chi connectivity index (χ3n) is 2.78. The molecule has 0 unspecified atom stereocenters. The van der Waals surface area contributed by atoms with Gasteiger partial charge in [-0.15, -0.1) is 0 Å². The molecule has 0 aliphatic carbocycles. The molecule has 0 radical (unpaired) electrons. The highest BCUT2D eigenvalue weighted by Gasteiger charge is 2.15. The molecule has 0 amide bonds. The van der Waals surface area contributed by atoms with Crippen LogP contribution in [0.1, 0.15) is 21.7 Å². The number of hydrogen-bond donors (Lipinski definition) is 0. The van der Waals surface area contributed by atoms with Gasteiger partial charge < -0.3 is 4.74 Å². The average molecular weight is 334 g/mol. The number of nitrogens with zero attached hydrogens (tertiary/aromatic N) is 2. The first-order chi connectivity index (χ1) is 9.43. The molecule has 2 aromatic rings. The Hall–Kier alpha value is -1.23. The Balaban J connectivity index is 2.29. The van der Waals surface area contributed by atoms with E-state index in [1.54, 1.807) is 18.7 Å². The maximum Gasteiger partial charge on any atom is 0.153 e. The maximum atomic E-state index is 11.0. The van der Waals surface area contributed by atoms with Crippen molar-refractivity contribution in [3.63, 3.8) is 0 Å². The van der Waals surface area contributed by atoms with Crippen molar-refractivity contribution in [3.8, 4) is 5.75 Å². The zero-order valence-electron chi connectivity index (χ0n) is 10.8. The maximum absolute atomic E-state index is 11.0. The van der Waals surface area contributed by atoms with Gasteiger partial charge in [-0.2, -0.15) is 5.10 Å². The molecule has 1 aromatic carbocycles. The third-order valence-corrected chi connectivity index (χ3v) is 3.77. The lowest BCUT2D eigenvalue weighted by molar-refractivity contribution is 0.111. The predicted molar refractivity (Wildman–Crippen MR) is 79.1 cm³/mol. The topological polar surface area (TPSA) is 44.1 Å². The van der Waals surface area contributed by atoms with Gasteiger partial charge in [-0.3, -0.25) is 9.48 Å². The molecule has 0 spiro atoms. The standard InChI is InChI=1S/C13H11Cl3N2O2/c1-7-12(16)11(18(2)17-7)6-20-13-8(5-19)3-9(14)4-10(13)15/h3-5H,6H2,1-2H3. The van der Waals surface area contributed by atoms with Crippen molar-refractivity contribution in [1.82, 2.24) is 9.78 Å². The minimum Gasteiger partial charge on any atom is -0.485 e. The zero-order valence-corrected chi connectivity index (χ0v) is 13.1. The van der Waals surface area contributed by atoms with Gasteiger partial charge in [-0.25, -0.2) is 0 Å². The fraction of sp³-hybridized carbons (Fsp3) is 0.231. The fourth-order valence-electron chi connectivity index (χ4n) is 1.80. The number of aryl methyl sites for hydroxylation is 2. The van der Waals surface area contributed by atoms with Crippen LogP contribution in [0.4, 0.5) is 0 Å². The first-order valence-electron chi connectivity index (χ1n) is 5.69. The van der Waals surface area contributed by atoms with Gasteiger partial charge in [0.25, 0.3) is 0 Å². The highest BCUT2D eigenvalue weighted by molar-refractivity contribution is 6.36. The summed E-state index contributed by atoms with van der Waals surface area (Å²) < 4.78 is 7.23. The first kappa shape index (κ1) is 15.2. The highest BCUT2D eigenvalue weighted by atomic mass is 35.5. The number of halogens is 3. The molecular formula is C13H11Cl3N2O2. The minimum absolute atomic E-state index is 0.151. The van der Waals surface area contributed by atoms with Crippen molar-refractivity contribution in [2.75, 3.05) is 0 Å². The summed E-state index contributed by atoms with van der Waals surface area (Å²) in [6.07, 6.45) is 0.642. The van der Waals surface area contributed by atoms with Crippen LogP contribution in [-0.4, -0.2) is 16.1 Å². The molecule has 1 heterocycles. The summed E-state index contributed by atoms with van der Waals surface area (Å²) in [5.41, 5.74) is 1.70.